The Hall–Kier alpha value is -1.94. The van der Waals surface area contributed by atoms with Gasteiger partial charge in [-0.05, 0) is 13.3 Å². The van der Waals surface area contributed by atoms with Crippen molar-refractivity contribution in [2.24, 2.45) is 7.05 Å². The molecule has 0 aromatic carbocycles. The number of carbonyl (C=O) groups is 2. The monoisotopic (exact) mass is 319 g/mol. The molecular weight excluding hydrogens is 302 g/mol. The van der Waals surface area contributed by atoms with E-state index in [-0.39, 0.29) is 17.9 Å². The molecule has 9 nitrogen and oxygen atoms in total. The summed E-state index contributed by atoms with van der Waals surface area (Å²) < 4.78 is 32.0. The molecule has 1 aromatic heterocycles. The van der Waals surface area contributed by atoms with E-state index in [9.17, 15) is 18.0 Å². The summed E-state index contributed by atoms with van der Waals surface area (Å²) in [5.74, 6) is -1.53. The van der Waals surface area contributed by atoms with Crippen molar-refractivity contribution < 1.29 is 27.9 Å². The number of sulfonamides is 1. The number of carboxylic acids is 1. The number of carboxylic acid groups (broad SMARTS) is 1. The maximum absolute atomic E-state index is 12.1. The molecular formula is C11H17N3O6S. The second-order valence-corrected chi connectivity index (χ2v) is 6.03. The van der Waals surface area contributed by atoms with Crippen molar-refractivity contribution in [2.45, 2.75) is 30.8 Å². The Morgan fingerprint density at radius 2 is 2.14 bits per heavy atom. The third-order valence-electron chi connectivity index (χ3n) is 2.82. The van der Waals surface area contributed by atoms with Gasteiger partial charge in [-0.2, -0.15) is 4.72 Å². The highest BCUT2D eigenvalue weighted by atomic mass is 32.2. The first-order valence-electron chi connectivity index (χ1n) is 5.99. The van der Waals surface area contributed by atoms with Gasteiger partial charge in [0.25, 0.3) is 10.0 Å². The fourth-order valence-electron chi connectivity index (χ4n) is 1.50. The molecule has 0 fully saturated rings. The molecule has 2 N–H and O–H groups in total. The number of ether oxygens (including phenoxy) is 1. The first-order valence-corrected chi connectivity index (χ1v) is 7.47. The molecule has 0 aliphatic rings. The minimum Gasteiger partial charge on any atom is -0.480 e. The van der Waals surface area contributed by atoms with Crippen molar-refractivity contribution in [1.82, 2.24) is 14.3 Å². The number of nitrogens with one attached hydrogen (secondary N) is 1. The van der Waals surface area contributed by atoms with Gasteiger partial charge >= 0.3 is 11.9 Å². The number of hydrogen-bond donors (Lipinski definition) is 2. The lowest BCUT2D eigenvalue weighted by molar-refractivity contribution is -0.142. The highest BCUT2D eigenvalue weighted by Crippen LogP contribution is 2.10. The van der Waals surface area contributed by atoms with Crippen LogP contribution in [0.5, 0.6) is 0 Å². The summed E-state index contributed by atoms with van der Waals surface area (Å²) >= 11 is 0. The molecule has 0 aliphatic heterocycles. The first kappa shape index (κ1) is 17.1. The smallest absolute Gasteiger partial charge is 0.321 e. The Labute approximate surface area is 122 Å². The SMILES string of the molecule is COC(=O)CCC(NS(=O)(=O)c1cn(C)c(C)n1)C(=O)O. The topological polar surface area (TPSA) is 128 Å². The largest absolute Gasteiger partial charge is 0.480 e. The summed E-state index contributed by atoms with van der Waals surface area (Å²) in [6.07, 6.45) is 0.848. The standard InChI is InChI=1S/C11H17N3O6S/c1-7-12-9(6-14(7)2)21(18,19)13-8(11(16)17)4-5-10(15)20-3/h6,8,13H,4-5H2,1-3H3,(H,16,17). The minimum absolute atomic E-state index is 0.211. The fraction of sp³-hybridized carbons (Fsp3) is 0.545. The van der Waals surface area contributed by atoms with Gasteiger partial charge in [-0.25, -0.2) is 13.4 Å². The van der Waals surface area contributed by atoms with E-state index in [0.717, 1.165) is 0 Å². The molecule has 0 bridgehead atoms. The normalized spacial score (nSPS) is 12.9. The average Bonchev–Trinajstić information content (AvgIpc) is 2.74. The molecule has 1 atom stereocenters. The van der Waals surface area contributed by atoms with Crippen LogP contribution in [0.3, 0.4) is 0 Å². The van der Waals surface area contributed by atoms with E-state index < -0.39 is 28.0 Å². The Kier molecular flexibility index (Phi) is 5.44. The van der Waals surface area contributed by atoms with E-state index >= 15 is 0 Å². The number of hydrogen-bond acceptors (Lipinski definition) is 6. The second-order valence-electron chi connectivity index (χ2n) is 4.36. The summed E-state index contributed by atoms with van der Waals surface area (Å²) in [5, 5.41) is 8.75. The number of aromatic nitrogens is 2. The predicted octanol–water partition coefficient (Wildman–Crippen LogP) is -0.587. The second kappa shape index (κ2) is 6.68. The first-order chi connectivity index (χ1) is 9.67. The van der Waals surface area contributed by atoms with Crippen LogP contribution in [-0.4, -0.2) is 48.2 Å². The Morgan fingerprint density at radius 3 is 2.57 bits per heavy atom. The third kappa shape index (κ3) is 4.53. The molecule has 0 radical (unpaired) electrons. The van der Waals surface area contributed by atoms with Crippen LogP contribution in [0, 0.1) is 6.92 Å². The average molecular weight is 319 g/mol. The summed E-state index contributed by atoms with van der Waals surface area (Å²) in [6.45, 7) is 1.62. The zero-order chi connectivity index (χ0) is 16.2. The molecule has 0 amide bonds. The fourth-order valence-corrected chi connectivity index (χ4v) is 2.76. The van der Waals surface area contributed by atoms with Gasteiger partial charge in [0, 0.05) is 19.7 Å². The molecule has 0 spiro atoms. The zero-order valence-electron chi connectivity index (χ0n) is 11.9. The van der Waals surface area contributed by atoms with E-state index in [4.69, 9.17) is 5.11 Å². The van der Waals surface area contributed by atoms with Crippen molar-refractivity contribution in [3.05, 3.63) is 12.0 Å². The molecule has 21 heavy (non-hydrogen) atoms. The lowest BCUT2D eigenvalue weighted by Crippen LogP contribution is -2.41. The van der Waals surface area contributed by atoms with Crippen molar-refractivity contribution in [3.63, 3.8) is 0 Å². The quantitative estimate of drug-likeness (QED) is 0.643. The number of imidazole rings is 1. The van der Waals surface area contributed by atoms with Gasteiger partial charge in [0.15, 0.2) is 5.03 Å². The lowest BCUT2D eigenvalue weighted by atomic mass is 10.2. The summed E-state index contributed by atoms with van der Waals surface area (Å²) in [5.41, 5.74) is 0. The number of esters is 1. The molecule has 118 valence electrons. The lowest BCUT2D eigenvalue weighted by Gasteiger charge is -2.12. The van der Waals surface area contributed by atoms with E-state index in [2.05, 4.69) is 9.72 Å². The van der Waals surface area contributed by atoms with Crippen LogP contribution in [0.25, 0.3) is 0 Å². The molecule has 1 rings (SSSR count). The van der Waals surface area contributed by atoms with Crippen molar-refractivity contribution in [2.75, 3.05) is 7.11 Å². The number of nitrogens with zero attached hydrogens (tertiary/aromatic N) is 2. The maximum Gasteiger partial charge on any atom is 0.321 e. The van der Waals surface area contributed by atoms with E-state index in [1.807, 2.05) is 4.72 Å². The number of carbonyl (C=O) groups excluding carboxylic acids is 1. The van der Waals surface area contributed by atoms with Gasteiger partial charge < -0.3 is 14.4 Å². The van der Waals surface area contributed by atoms with Crippen LogP contribution >= 0.6 is 0 Å². The van der Waals surface area contributed by atoms with Gasteiger partial charge in [-0.1, -0.05) is 0 Å². The third-order valence-corrected chi connectivity index (χ3v) is 4.16. The van der Waals surface area contributed by atoms with E-state index in [1.54, 1.807) is 14.0 Å². The van der Waals surface area contributed by atoms with Gasteiger partial charge in [-0.15, -0.1) is 0 Å². The maximum atomic E-state index is 12.1. The molecule has 0 saturated carbocycles. The highest BCUT2D eigenvalue weighted by Gasteiger charge is 2.27. The van der Waals surface area contributed by atoms with E-state index in [0.29, 0.717) is 5.82 Å². The molecule has 10 heteroatoms. The molecule has 1 unspecified atom stereocenters. The van der Waals surface area contributed by atoms with Crippen molar-refractivity contribution >= 4 is 22.0 Å². The van der Waals surface area contributed by atoms with Gasteiger partial charge in [0.1, 0.15) is 11.9 Å². The van der Waals surface area contributed by atoms with Crippen LogP contribution in [-0.2, 0) is 31.4 Å². The summed E-state index contributed by atoms with van der Waals surface area (Å²) in [6, 6.07) is -1.43. The van der Waals surface area contributed by atoms with Crippen molar-refractivity contribution in [3.8, 4) is 0 Å². The number of aliphatic carboxylic acids is 1. The highest BCUT2D eigenvalue weighted by molar-refractivity contribution is 7.89. The Balaban J connectivity index is 2.87. The van der Waals surface area contributed by atoms with E-state index in [1.165, 1.54) is 17.9 Å². The van der Waals surface area contributed by atoms with Crippen LogP contribution in [0.4, 0.5) is 0 Å². The van der Waals surface area contributed by atoms with Gasteiger partial charge in [0.2, 0.25) is 0 Å². The van der Waals surface area contributed by atoms with Gasteiger partial charge in [-0.3, -0.25) is 9.59 Å². The predicted molar refractivity (Wildman–Crippen MR) is 70.9 cm³/mol. The summed E-state index contributed by atoms with van der Waals surface area (Å²) in [7, 11) is -1.29. The molecule has 1 heterocycles. The van der Waals surface area contributed by atoms with Gasteiger partial charge in [0.05, 0.1) is 7.11 Å². The van der Waals surface area contributed by atoms with Crippen LogP contribution in [0.15, 0.2) is 11.2 Å². The number of aryl methyl sites for hydroxylation is 2. The molecule has 1 aromatic rings. The molecule has 0 saturated heterocycles. The Bertz CT molecular complexity index is 617. The van der Waals surface area contributed by atoms with Crippen LogP contribution in [0.2, 0.25) is 0 Å². The zero-order valence-corrected chi connectivity index (χ0v) is 12.7. The van der Waals surface area contributed by atoms with Crippen LogP contribution < -0.4 is 4.72 Å². The number of methoxy groups -OCH3 is 1. The Morgan fingerprint density at radius 1 is 1.52 bits per heavy atom. The minimum atomic E-state index is -4.08. The molecule has 0 aliphatic carbocycles. The van der Waals surface area contributed by atoms with Crippen molar-refractivity contribution in [1.29, 1.82) is 0 Å². The van der Waals surface area contributed by atoms with Crippen LogP contribution in [0.1, 0.15) is 18.7 Å². The summed E-state index contributed by atoms with van der Waals surface area (Å²) in [4.78, 5) is 25.9. The number of rotatable bonds is 7.